The van der Waals surface area contributed by atoms with Gasteiger partial charge in [-0.25, -0.2) is 0 Å². The summed E-state index contributed by atoms with van der Waals surface area (Å²) in [5, 5.41) is 10.5. The number of piperidine rings is 1. The fourth-order valence-electron chi connectivity index (χ4n) is 4.22. The van der Waals surface area contributed by atoms with Gasteiger partial charge in [-0.15, -0.1) is 16.4 Å². The monoisotopic (exact) mass is 484 g/mol. The van der Waals surface area contributed by atoms with Crippen LogP contribution in [-0.2, 0) is 4.79 Å². The number of nitrogens with zero attached hydrogens (tertiary/aromatic N) is 3. The summed E-state index contributed by atoms with van der Waals surface area (Å²) in [4.78, 5) is 28.9. The molecule has 6 nitrogen and oxygen atoms in total. The van der Waals surface area contributed by atoms with E-state index in [1.807, 2.05) is 30.5 Å². The summed E-state index contributed by atoms with van der Waals surface area (Å²) in [5.41, 5.74) is 1.35. The Labute approximate surface area is 203 Å². The van der Waals surface area contributed by atoms with Crippen molar-refractivity contribution in [2.75, 3.05) is 18.0 Å². The van der Waals surface area contributed by atoms with Crippen LogP contribution >= 0.6 is 22.9 Å². The Kier molecular flexibility index (Phi) is 7.50. The van der Waals surface area contributed by atoms with Gasteiger partial charge in [0.15, 0.2) is 0 Å². The molecule has 1 saturated heterocycles. The van der Waals surface area contributed by atoms with Gasteiger partial charge in [0.1, 0.15) is 5.82 Å². The Morgan fingerprint density at radius 1 is 1.30 bits per heavy atom. The molecule has 2 aromatic heterocycles. The van der Waals surface area contributed by atoms with E-state index in [2.05, 4.69) is 28.3 Å². The Morgan fingerprint density at radius 3 is 2.88 bits per heavy atom. The molecule has 33 heavy (non-hydrogen) atoms. The largest absolute Gasteiger partial charge is 0.354 e. The molecule has 3 heterocycles. The van der Waals surface area contributed by atoms with Crippen LogP contribution < -0.4 is 15.8 Å². The molecule has 3 aromatic rings. The van der Waals surface area contributed by atoms with E-state index in [-0.39, 0.29) is 23.4 Å². The molecule has 1 aromatic carbocycles. The Morgan fingerprint density at radius 2 is 2.15 bits per heavy atom. The Bertz CT molecular complexity index is 1160. The van der Waals surface area contributed by atoms with Crippen molar-refractivity contribution in [1.82, 2.24) is 15.1 Å². The molecule has 0 bridgehead atoms. The van der Waals surface area contributed by atoms with E-state index in [9.17, 15) is 9.59 Å². The number of benzene rings is 1. The van der Waals surface area contributed by atoms with Gasteiger partial charge in [-0.3, -0.25) is 9.59 Å². The van der Waals surface area contributed by atoms with Gasteiger partial charge in [0.25, 0.3) is 5.56 Å². The van der Waals surface area contributed by atoms with Crippen LogP contribution in [0.1, 0.15) is 49.1 Å². The molecular weight excluding hydrogens is 456 g/mol. The molecule has 0 saturated carbocycles. The second-order valence-corrected chi connectivity index (χ2v) is 9.91. The molecule has 174 valence electrons. The second-order valence-electron chi connectivity index (χ2n) is 8.53. The standard InChI is InChI=1S/C25H29ClN4O2S/c1-3-6-21(22-8-5-14-33-22)27-25(32)18-7-4-13-29(16-18)23-11-12-24(31)30(28-23)19-10-9-17(2)20(26)15-19/h5,8-12,14-15,18,21H,3-4,6-7,13,16H2,1-2H3,(H,27,32)/t18-,21+/m1/s1. The third-order valence-corrected chi connectivity index (χ3v) is 7.48. The van der Waals surface area contributed by atoms with E-state index in [1.165, 1.54) is 15.6 Å². The number of carbonyl (C=O) groups excluding carboxylic acids is 1. The van der Waals surface area contributed by atoms with E-state index in [1.54, 1.807) is 23.5 Å². The highest BCUT2D eigenvalue weighted by Crippen LogP contribution is 2.26. The fraction of sp³-hybridized carbons (Fsp3) is 0.400. The van der Waals surface area contributed by atoms with E-state index >= 15 is 0 Å². The maximum atomic E-state index is 13.1. The van der Waals surface area contributed by atoms with Gasteiger partial charge >= 0.3 is 0 Å². The summed E-state index contributed by atoms with van der Waals surface area (Å²) in [6.45, 7) is 5.43. The highest BCUT2D eigenvalue weighted by molar-refractivity contribution is 7.10. The van der Waals surface area contributed by atoms with E-state index in [4.69, 9.17) is 11.6 Å². The number of nitrogens with one attached hydrogen (secondary N) is 1. The van der Waals surface area contributed by atoms with Crippen LogP contribution in [-0.4, -0.2) is 28.8 Å². The lowest BCUT2D eigenvalue weighted by molar-refractivity contribution is -0.126. The van der Waals surface area contributed by atoms with Crippen LogP contribution in [0.25, 0.3) is 5.69 Å². The first-order valence-electron chi connectivity index (χ1n) is 11.4. The average Bonchev–Trinajstić information content (AvgIpc) is 3.36. The smallest absolute Gasteiger partial charge is 0.271 e. The summed E-state index contributed by atoms with van der Waals surface area (Å²) < 4.78 is 1.37. The Hall–Kier alpha value is -2.64. The summed E-state index contributed by atoms with van der Waals surface area (Å²) in [5.74, 6) is 0.659. The lowest BCUT2D eigenvalue weighted by atomic mass is 9.96. The number of halogens is 1. The normalized spacial score (nSPS) is 17.1. The number of amides is 1. The van der Waals surface area contributed by atoms with Crippen molar-refractivity contribution < 1.29 is 4.79 Å². The zero-order valence-corrected chi connectivity index (χ0v) is 20.5. The molecule has 4 rings (SSSR count). The maximum absolute atomic E-state index is 13.1. The lowest BCUT2D eigenvalue weighted by Gasteiger charge is -2.33. The molecule has 8 heteroatoms. The van der Waals surface area contributed by atoms with Crippen LogP contribution in [0.5, 0.6) is 0 Å². The zero-order valence-electron chi connectivity index (χ0n) is 19.0. The van der Waals surface area contributed by atoms with Crippen LogP contribution in [0.15, 0.2) is 52.6 Å². The summed E-state index contributed by atoms with van der Waals surface area (Å²) in [6, 6.07) is 12.9. The number of aromatic nitrogens is 2. The van der Waals surface area contributed by atoms with Crippen molar-refractivity contribution in [2.24, 2.45) is 5.92 Å². The van der Waals surface area contributed by atoms with Gasteiger partial charge in [0.05, 0.1) is 17.6 Å². The van der Waals surface area contributed by atoms with Crippen molar-refractivity contribution in [3.63, 3.8) is 0 Å². The topological polar surface area (TPSA) is 67.2 Å². The SMILES string of the molecule is CCC[C@H](NC(=O)[C@@H]1CCCN(c2ccc(=O)n(-c3ccc(C)c(Cl)c3)n2)C1)c1cccs1. The van der Waals surface area contributed by atoms with Gasteiger partial charge < -0.3 is 10.2 Å². The summed E-state index contributed by atoms with van der Waals surface area (Å²) in [7, 11) is 0. The molecule has 0 unspecified atom stereocenters. The molecule has 2 atom stereocenters. The molecule has 1 fully saturated rings. The van der Waals surface area contributed by atoms with Gasteiger partial charge in [0, 0.05) is 29.1 Å². The van der Waals surface area contributed by atoms with E-state index in [0.29, 0.717) is 23.1 Å². The van der Waals surface area contributed by atoms with Crippen molar-refractivity contribution in [1.29, 1.82) is 0 Å². The first-order valence-corrected chi connectivity index (χ1v) is 12.7. The average molecular weight is 485 g/mol. The molecule has 1 amide bonds. The molecule has 0 spiro atoms. The minimum absolute atomic E-state index is 0.0594. The first kappa shape index (κ1) is 23.5. The van der Waals surface area contributed by atoms with Gasteiger partial charge in [-0.1, -0.05) is 37.1 Å². The third kappa shape index (κ3) is 5.47. The number of hydrogen-bond donors (Lipinski definition) is 1. The molecule has 1 aliphatic heterocycles. The number of hydrogen-bond acceptors (Lipinski definition) is 5. The minimum atomic E-state index is -0.219. The van der Waals surface area contributed by atoms with Crippen LogP contribution in [0.3, 0.4) is 0 Å². The van der Waals surface area contributed by atoms with Crippen LogP contribution in [0.2, 0.25) is 5.02 Å². The van der Waals surface area contributed by atoms with Crippen molar-refractivity contribution in [3.8, 4) is 5.69 Å². The predicted octanol–water partition coefficient (Wildman–Crippen LogP) is 5.13. The molecule has 1 N–H and O–H groups in total. The maximum Gasteiger partial charge on any atom is 0.271 e. The number of thiophene rings is 1. The van der Waals surface area contributed by atoms with E-state index in [0.717, 1.165) is 37.8 Å². The van der Waals surface area contributed by atoms with Crippen molar-refractivity contribution in [3.05, 3.63) is 73.7 Å². The van der Waals surface area contributed by atoms with Crippen molar-refractivity contribution >= 4 is 34.7 Å². The fourth-order valence-corrected chi connectivity index (χ4v) is 5.21. The number of rotatable bonds is 7. The highest BCUT2D eigenvalue weighted by Gasteiger charge is 2.28. The lowest BCUT2D eigenvalue weighted by Crippen LogP contribution is -2.44. The van der Waals surface area contributed by atoms with Gasteiger partial charge in [0.2, 0.25) is 5.91 Å². The molecular formula is C25H29ClN4O2S. The van der Waals surface area contributed by atoms with Crippen molar-refractivity contribution in [2.45, 2.75) is 45.6 Å². The second kappa shape index (κ2) is 10.5. The van der Waals surface area contributed by atoms with Crippen LogP contribution in [0.4, 0.5) is 5.82 Å². The highest BCUT2D eigenvalue weighted by atomic mass is 35.5. The van der Waals surface area contributed by atoms with Gasteiger partial charge in [-0.2, -0.15) is 4.68 Å². The minimum Gasteiger partial charge on any atom is -0.354 e. The molecule has 0 radical (unpaired) electrons. The third-order valence-electron chi connectivity index (χ3n) is 6.08. The summed E-state index contributed by atoms with van der Waals surface area (Å²) in [6.07, 6.45) is 3.67. The zero-order chi connectivity index (χ0) is 23.4. The summed E-state index contributed by atoms with van der Waals surface area (Å²) >= 11 is 7.94. The quantitative estimate of drug-likeness (QED) is 0.504. The van der Waals surface area contributed by atoms with Crippen LogP contribution in [0, 0.1) is 12.8 Å². The molecule has 1 aliphatic rings. The first-order chi connectivity index (χ1) is 16.0. The number of aryl methyl sites for hydroxylation is 1. The Balaban J connectivity index is 1.50. The number of carbonyl (C=O) groups is 1. The molecule has 0 aliphatic carbocycles. The van der Waals surface area contributed by atoms with Gasteiger partial charge in [-0.05, 0) is 61.4 Å². The number of anilines is 1. The predicted molar refractivity (Wildman–Crippen MR) is 135 cm³/mol. The van der Waals surface area contributed by atoms with E-state index < -0.39 is 0 Å².